The number of carbonyl (C=O) groups is 3. The van der Waals surface area contributed by atoms with Crippen molar-refractivity contribution < 1.29 is 28.4 Å². The fourth-order valence-corrected chi connectivity index (χ4v) is 3.18. The minimum Gasteiger partial charge on any atom is -0.465 e. The Morgan fingerprint density at radius 1 is 1.18 bits per heavy atom. The molecule has 9 heteroatoms. The van der Waals surface area contributed by atoms with E-state index in [9.17, 15) is 28.9 Å². The molecular weight excluding hydrogens is 371 g/mol. The molecule has 2 aromatic carbocycles. The number of ether oxygens (including phenoxy) is 1. The molecule has 0 radical (unpaired) electrons. The molecular formula is C19H15FN2O6. The molecule has 1 saturated heterocycles. The average Bonchev–Trinajstić information content (AvgIpc) is 2.93. The lowest BCUT2D eigenvalue weighted by Crippen LogP contribution is -2.31. The molecule has 0 aliphatic carbocycles. The van der Waals surface area contributed by atoms with Crippen LogP contribution in [0.4, 0.5) is 15.8 Å². The molecule has 1 heterocycles. The van der Waals surface area contributed by atoms with Crippen LogP contribution in [0.5, 0.6) is 0 Å². The molecule has 0 unspecified atom stereocenters. The highest BCUT2D eigenvalue weighted by Gasteiger charge is 2.53. The van der Waals surface area contributed by atoms with Gasteiger partial charge in [-0.15, -0.1) is 0 Å². The van der Waals surface area contributed by atoms with Crippen molar-refractivity contribution in [3.05, 3.63) is 70.0 Å². The Balaban J connectivity index is 2.14. The van der Waals surface area contributed by atoms with Crippen LogP contribution in [-0.4, -0.2) is 29.2 Å². The first-order chi connectivity index (χ1) is 13.4. The van der Waals surface area contributed by atoms with Crippen molar-refractivity contribution in [3.8, 4) is 0 Å². The number of ketones is 1. The molecule has 2 aromatic rings. The smallest absolute Gasteiger partial charge is 0.319 e. The maximum atomic E-state index is 14.5. The van der Waals surface area contributed by atoms with Crippen LogP contribution >= 0.6 is 0 Å². The van der Waals surface area contributed by atoms with Crippen molar-refractivity contribution in [2.75, 3.05) is 11.5 Å². The number of halogens is 1. The summed E-state index contributed by atoms with van der Waals surface area (Å²) in [6.07, 6.45) is 0. The van der Waals surface area contributed by atoms with Crippen LogP contribution in [0.15, 0.2) is 48.5 Å². The van der Waals surface area contributed by atoms with Crippen molar-refractivity contribution in [2.24, 2.45) is 5.92 Å². The van der Waals surface area contributed by atoms with Gasteiger partial charge in [-0.2, -0.15) is 0 Å². The van der Waals surface area contributed by atoms with Gasteiger partial charge in [-0.3, -0.25) is 29.4 Å². The first kappa shape index (κ1) is 19.2. The van der Waals surface area contributed by atoms with Crippen LogP contribution in [0.25, 0.3) is 0 Å². The number of non-ortho nitro benzene ring substituents is 1. The number of rotatable bonds is 5. The van der Waals surface area contributed by atoms with E-state index in [-0.39, 0.29) is 23.5 Å². The lowest BCUT2D eigenvalue weighted by molar-refractivity contribution is -0.384. The predicted octanol–water partition coefficient (Wildman–Crippen LogP) is 2.57. The largest absolute Gasteiger partial charge is 0.465 e. The van der Waals surface area contributed by atoms with E-state index in [1.54, 1.807) is 6.92 Å². The minimum absolute atomic E-state index is 0.0155. The van der Waals surface area contributed by atoms with Crippen LogP contribution in [0.1, 0.15) is 18.5 Å². The van der Waals surface area contributed by atoms with Gasteiger partial charge in [0.05, 0.1) is 17.6 Å². The Morgan fingerprint density at radius 2 is 1.82 bits per heavy atom. The van der Waals surface area contributed by atoms with Gasteiger partial charge in [0.2, 0.25) is 5.78 Å². The Labute approximate surface area is 158 Å². The summed E-state index contributed by atoms with van der Waals surface area (Å²) < 4.78 is 19.4. The Morgan fingerprint density at radius 3 is 2.39 bits per heavy atom. The van der Waals surface area contributed by atoms with E-state index in [4.69, 9.17) is 4.74 Å². The van der Waals surface area contributed by atoms with Crippen LogP contribution in [0, 0.1) is 21.8 Å². The van der Waals surface area contributed by atoms with E-state index >= 15 is 0 Å². The van der Waals surface area contributed by atoms with Gasteiger partial charge in [0, 0.05) is 23.4 Å². The van der Waals surface area contributed by atoms with Gasteiger partial charge in [0.15, 0.2) is 0 Å². The molecule has 1 aliphatic rings. The number of nitro benzene ring substituents is 1. The molecule has 1 aliphatic heterocycles. The highest BCUT2D eigenvalue weighted by Crippen LogP contribution is 2.41. The van der Waals surface area contributed by atoms with Gasteiger partial charge in [-0.05, 0) is 25.1 Å². The number of Topliss-reactive ketones (excluding diaryl/α,β-unsaturated/α-hetero) is 1. The summed E-state index contributed by atoms with van der Waals surface area (Å²) in [5.74, 6) is -5.21. The van der Waals surface area contributed by atoms with Crippen LogP contribution < -0.4 is 4.90 Å². The molecule has 0 aromatic heterocycles. The fourth-order valence-electron chi connectivity index (χ4n) is 3.18. The summed E-state index contributed by atoms with van der Waals surface area (Å²) in [6.45, 7) is 1.53. The van der Waals surface area contributed by atoms with Gasteiger partial charge in [-0.25, -0.2) is 4.39 Å². The molecule has 1 fully saturated rings. The van der Waals surface area contributed by atoms with Crippen molar-refractivity contribution in [1.29, 1.82) is 0 Å². The highest BCUT2D eigenvalue weighted by molar-refractivity contribution is 6.47. The second-order valence-electron chi connectivity index (χ2n) is 6.01. The summed E-state index contributed by atoms with van der Waals surface area (Å²) in [4.78, 5) is 48.8. The Hall–Kier alpha value is -3.62. The summed E-state index contributed by atoms with van der Waals surface area (Å²) in [5.41, 5.74) is -0.117. The van der Waals surface area contributed by atoms with Crippen LogP contribution in [0.3, 0.4) is 0 Å². The van der Waals surface area contributed by atoms with Crippen molar-refractivity contribution in [2.45, 2.75) is 13.0 Å². The molecule has 1 amide bonds. The van der Waals surface area contributed by atoms with Gasteiger partial charge >= 0.3 is 5.97 Å². The number of hydrogen-bond donors (Lipinski definition) is 0. The fraction of sp³-hybridized carbons (Fsp3) is 0.211. The first-order valence-electron chi connectivity index (χ1n) is 8.39. The first-order valence-corrected chi connectivity index (χ1v) is 8.39. The number of carbonyl (C=O) groups excluding carboxylic acids is 3. The quantitative estimate of drug-likeness (QED) is 0.257. The third-order valence-electron chi connectivity index (χ3n) is 4.41. The van der Waals surface area contributed by atoms with Crippen molar-refractivity contribution in [3.63, 3.8) is 0 Å². The monoisotopic (exact) mass is 386 g/mol. The summed E-state index contributed by atoms with van der Waals surface area (Å²) >= 11 is 0. The normalized spacial score (nSPS) is 19.0. The Kier molecular flexibility index (Phi) is 5.16. The van der Waals surface area contributed by atoms with Gasteiger partial charge in [0.1, 0.15) is 11.7 Å². The molecule has 2 atom stereocenters. The number of esters is 1. The van der Waals surface area contributed by atoms with Gasteiger partial charge in [0.25, 0.3) is 11.6 Å². The Bertz CT molecular complexity index is 959. The zero-order valence-corrected chi connectivity index (χ0v) is 14.7. The zero-order chi connectivity index (χ0) is 20.4. The van der Waals surface area contributed by atoms with Crippen molar-refractivity contribution in [1.82, 2.24) is 0 Å². The maximum absolute atomic E-state index is 14.5. The molecule has 0 spiro atoms. The lowest BCUT2D eigenvalue weighted by atomic mass is 9.92. The second kappa shape index (κ2) is 7.55. The van der Waals surface area contributed by atoms with E-state index in [1.807, 2.05) is 0 Å². The highest BCUT2D eigenvalue weighted by atomic mass is 19.1. The number of benzene rings is 2. The molecule has 0 bridgehead atoms. The number of amides is 1. The number of nitro groups is 1. The standard InChI is InChI=1S/C19H15FN2O6/c1-2-28-19(25)15-16(13-5-3-4-6-14(13)20)21(18(24)17(15)23)11-7-9-12(10-8-11)22(26)27/h3-10,15-16H,2H2,1H3/t15-,16+/m1/s1. The van der Waals surface area contributed by atoms with Crippen LogP contribution in [0.2, 0.25) is 0 Å². The van der Waals surface area contributed by atoms with E-state index in [0.29, 0.717) is 0 Å². The van der Waals surface area contributed by atoms with E-state index < -0.39 is 40.4 Å². The van der Waals surface area contributed by atoms with Crippen LogP contribution in [-0.2, 0) is 19.1 Å². The number of anilines is 1. The number of nitrogens with zero attached hydrogens (tertiary/aromatic N) is 2. The molecule has 0 N–H and O–H groups in total. The topological polar surface area (TPSA) is 107 Å². The van der Waals surface area contributed by atoms with Gasteiger partial charge in [-0.1, -0.05) is 18.2 Å². The molecule has 3 rings (SSSR count). The lowest BCUT2D eigenvalue weighted by Gasteiger charge is -2.27. The zero-order valence-electron chi connectivity index (χ0n) is 14.7. The molecule has 8 nitrogen and oxygen atoms in total. The SMILES string of the molecule is CCOC(=O)[C@H]1C(=O)C(=O)N(c2ccc([N+](=O)[O-])cc2)[C@H]1c1ccccc1F. The predicted molar refractivity (Wildman–Crippen MR) is 94.9 cm³/mol. The van der Waals surface area contributed by atoms with Gasteiger partial charge < -0.3 is 4.74 Å². The second-order valence-corrected chi connectivity index (χ2v) is 6.01. The molecule has 0 saturated carbocycles. The maximum Gasteiger partial charge on any atom is 0.319 e. The molecule has 144 valence electrons. The summed E-state index contributed by atoms with van der Waals surface area (Å²) in [5, 5.41) is 10.9. The van der Waals surface area contributed by atoms with E-state index in [1.165, 1.54) is 30.3 Å². The van der Waals surface area contributed by atoms with E-state index in [0.717, 1.165) is 23.1 Å². The third-order valence-corrected chi connectivity index (χ3v) is 4.41. The third kappa shape index (κ3) is 3.22. The minimum atomic E-state index is -1.54. The molecule has 28 heavy (non-hydrogen) atoms. The average molecular weight is 386 g/mol. The summed E-state index contributed by atoms with van der Waals surface area (Å²) in [6, 6.07) is 9.06. The summed E-state index contributed by atoms with van der Waals surface area (Å²) in [7, 11) is 0. The van der Waals surface area contributed by atoms with Crippen molar-refractivity contribution >= 4 is 29.0 Å². The number of hydrogen-bond acceptors (Lipinski definition) is 6. The van der Waals surface area contributed by atoms with E-state index in [2.05, 4.69) is 0 Å².